The maximum atomic E-state index is 12.8. The van der Waals surface area contributed by atoms with Crippen LogP contribution in [0, 0.1) is 18.8 Å². The molecule has 2 fully saturated rings. The Labute approximate surface area is 128 Å². The summed E-state index contributed by atoms with van der Waals surface area (Å²) in [6.45, 7) is 3.37. The summed E-state index contributed by atoms with van der Waals surface area (Å²) in [6.07, 6.45) is 4.37. The van der Waals surface area contributed by atoms with E-state index in [2.05, 4.69) is 15.2 Å². The lowest BCUT2D eigenvalue weighted by atomic mass is 9.95. The number of likely N-dealkylation sites (tertiary alicyclic amines) is 1. The molecule has 1 saturated heterocycles. The van der Waals surface area contributed by atoms with Crippen LogP contribution in [0.1, 0.15) is 29.2 Å². The molecule has 116 valence electrons. The molecule has 2 aromatic heterocycles. The molecule has 0 spiro atoms. The first kappa shape index (κ1) is 13.6. The van der Waals surface area contributed by atoms with Gasteiger partial charge in [-0.25, -0.2) is 4.98 Å². The molecule has 1 saturated carbocycles. The fourth-order valence-corrected chi connectivity index (χ4v) is 3.88. The van der Waals surface area contributed by atoms with E-state index < -0.39 is 0 Å². The summed E-state index contributed by atoms with van der Waals surface area (Å²) in [5.41, 5.74) is 0.859. The predicted octanol–water partition coefficient (Wildman–Crippen LogP) is 0.930. The minimum atomic E-state index is -0.0652. The van der Waals surface area contributed by atoms with Crippen molar-refractivity contribution in [3.8, 4) is 0 Å². The Kier molecular flexibility index (Phi) is 3.11. The predicted molar refractivity (Wildman–Crippen MR) is 78.4 cm³/mol. The molecule has 2 aromatic rings. The molecule has 0 radical (unpaired) electrons. The molecular weight excluding hydrogens is 282 g/mol. The van der Waals surface area contributed by atoms with Crippen molar-refractivity contribution in [2.45, 2.75) is 25.9 Å². The monoisotopic (exact) mass is 301 g/mol. The van der Waals surface area contributed by atoms with Crippen LogP contribution in [0.5, 0.6) is 0 Å². The summed E-state index contributed by atoms with van der Waals surface area (Å²) >= 11 is 0. The molecule has 0 aromatic carbocycles. The molecule has 0 N–H and O–H groups in total. The zero-order valence-electron chi connectivity index (χ0n) is 12.8. The number of ether oxygens (including phenoxy) is 1. The van der Waals surface area contributed by atoms with E-state index in [1.807, 2.05) is 17.9 Å². The van der Waals surface area contributed by atoms with Gasteiger partial charge in [0.05, 0.1) is 6.10 Å². The minimum Gasteiger partial charge on any atom is -0.381 e. The number of piperidine rings is 1. The van der Waals surface area contributed by atoms with Crippen LogP contribution >= 0.6 is 0 Å². The van der Waals surface area contributed by atoms with Crippen LogP contribution in [0.3, 0.4) is 0 Å². The van der Waals surface area contributed by atoms with E-state index in [0.29, 0.717) is 29.5 Å². The first-order chi connectivity index (χ1) is 10.7. The summed E-state index contributed by atoms with van der Waals surface area (Å²) in [4.78, 5) is 19.0. The number of carbonyl (C=O) groups is 1. The van der Waals surface area contributed by atoms with E-state index in [9.17, 15) is 4.79 Å². The van der Waals surface area contributed by atoms with Crippen LogP contribution in [0.2, 0.25) is 0 Å². The van der Waals surface area contributed by atoms with Gasteiger partial charge in [-0.2, -0.15) is 0 Å². The number of amides is 1. The van der Waals surface area contributed by atoms with E-state index in [-0.39, 0.29) is 5.91 Å². The van der Waals surface area contributed by atoms with Crippen molar-refractivity contribution in [2.75, 3.05) is 20.2 Å². The summed E-state index contributed by atoms with van der Waals surface area (Å²) in [5, 5.41) is 8.06. The van der Waals surface area contributed by atoms with Crippen LogP contribution in [0.15, 0.2) is 12.3 Å². The Morgan fingerprint density at radius 3 is 2.68 bits per heavy atom. The highest BCUT2D eigenvalue weighted by Gasteiger charge is 2.44. The second-order valence-electron chi connectivity index (χ2n) is 6.27. The van der Waals surface area contributed by atoms with E-state index in [1.54, 1.807) is 17.7 Å². The van der Waals surface area contributed by atoms with Crippen molar-refractivity contribution in [1.82, 2.24) is 24.5 Å². The molecule has 2 bridgehead atoms. The standard InChI is InChI=1S/C15H19N5O2/c1-9-5-6-20-13(17-18-15(20)16-9)14(21)19-7-10-3-4-11(8-19)12(10)22-2/h5-6,10-12H,3-4,7-8H2,1-2H3/t10-,11+,12?. The SMILES string of the molecule is COC1[C@@H]2CC[C@H]1CN(C(=O)c1nnc3nc(C)ccn13)C2. The van der Waals surface area contributed by atoms with Crippen molar-refractivity contribution in [1.29, 1.82) is 0 Å². The number of nitrogens with zero attached hydrogens (tertiary/aromatic N) is 5. The molecule has 4 rings (SSSR count). The molecule has 2 aliphatic rings. The first-order valence-corrected chi connectivity index (χ1v) is 7.68. The molecule has 3 atom stereocenters. The molecule has 1 aliphatic carbocycles. The van der Waals surface area contributed by atoms with Gasteiger partial charge in [-0.3, -0.25) is 9.20 Å². The molecule has 22 heavy (non-hydrogen) atoms. The largest absolute Gasteiger partial charge is 0.381 e. The van der Waals surface area contributed by atoms with Crippen LogP contribution in [0.4, 0.5) is 0 Å². The number of aryl methyl sites for hydroxylation is 1. The number of hydrogen-bond acceptors (Lipinski definition) is 5. The number of rotatable bonds is 2. The molecular formula is C15H19N5O2. The van der Waals surface area contributed by atoms with E-state index >= 15 is 0 Å². The summed E-state index contributed by atoms with van der Waals surface area (Å²) < 4.78 is 7.27. The van der Waals surface area contributed by atoms with Crippen LogP contribution in [-0.2, 0) is 4.74 Å². The van der Waals surface area contributed by atoms with Crippen LogP contribution in [-0.4, -0.2) is 56.7 Å². The average Bonchev–Trinajstić information content (AvgIpc) is 3.03. The van der Waals surface area contributed by atoms with Gasteiger partial charge >= 0.3 is 0 Å². The maximum absolute atomic E-state index is 12.8. The highest BCUT2D eigenvalue weighted by molar-refractivity contribution is 5.91. The van der Waals surface area contributed by atoms with E-state index in [4.69, 9.17) is 4.74 Å². The molecule has 7 nitrogen and oxygen atoms in total. The highest BCUT2D eigenvalue weighted by Crippen LogP contribution is 2.38. The first-order valence-electron chi connectivity index (χ1n) is 7.68. The summed E-state index contributed by atoms with van der Waals surface area (Å²) in [5.74, 6) is 1.62. The maximum Gasteiger partial charge on any atom is 0.292 e. The Morgan fingerprint density at radius 1 is 1.27 bits per heavy atom. The minimum absolute atomic E-state index is 0.0652. The second kappa shape index (κ2) is 5.01. The lowest BCUT2D eigenvalue weighted by molar-refractivity contribution is -0.0117. The van der Waals surface area contributed by atoms with Gasteiger partial charge in [0.1, 0.15) is 0 Å². The third kappa shape index (κ3) is 1.99. The Bertz CT molecular complexity index is 714. The normalized spacial score (nSPS) is 27.5. The molecule has 1 unspecified atom stereocenters. The van der Waals surface area contributed by atoms with Crippen molar-refractivity contribution in [2.24, 2.45) is 11.8 Å². The molecule has 7 heteroatoms. The van der Waals surface area contributed by atoms with Gasteiger partial charge in [-0.05, 0) is 25.8 Å². The van der Waals surface area contributed by atoms with E-state index in [1.165, 1.54) is 0 Å². The van der Waals surface area contributed by atoms with Crippen molar-refractivity contribution < 1.29 is 9.53 Å². The second-order valence-corrected chi connectivity index (χ2v) is 6.27. The molecule has 1 aliphatic heterocycles. The third-order valence-corrected chi connectivity index (χ3v) is 4.92. The van der Waals surface area contributed by atoms with Gasteiger partial charge < -0.3 is 9.64 Å². The lowest BCUT2D eigenvalue weighted by Gasteiger charge is -2.36. The van der Waals surface area contributed by atoms with Gasteiger partial charge in [0.25, 0.3) is 11.7 Å². The van der Waals surface area contributed by atoms with Gasteiger partial charge in [-0.15, -0.1) is 10.2 Å². The number of hydrogen-bond donors (Lipinski definition) is 0. The number of carbonyl (C=O) groups excluding carboxylic acids is 1. The zero-order chi connectivity index (χ0) is 15.3. The number of fused-ring (bicyclic) bond motifs is 3. The van der Waals surface area contributed by atoms with Crippen LogP contribution < -0.4 is 0 Å². The molecule has 1 amide bonds. The van der Waals surface area contributed by atoms with Crippen molar-refractivity contribution in [3.05, 3.63) is 23.8 Å². The highest BCUT2D eigenvalue weighted by atomic mass is 16.5. The van der Waals surface area contributed by atoms with Crippen molar-refractivity contribution in [3.63, 3.8) is 0 Å². The quantitative estimate of drug-likeness (QED) is 0.825. The summed E-state index contributed by atoms with van der Waals surface area (Å²) in [7, 11) is 1.77. The zero-order valence-corrected chi connectivity index (χ0v) is 12.8. The van der Waals surface area contributed by atoms with Crippen molar-refractivity contribution >= 4 is 11.7 Å². The lowest BCUT2D eigenvalue weighted by Crippen LogP contribution is -2.48. The summed E-state index contributed by atoms with van der Waals surface area (Å²) in [6, 6.07) is 1.86. The van der Waals surface area contributed by atoms with E-state index in [0.717, 1.165) is 31.6 Å². The Morgan fingerprint density at radius 2 is 2.00 bits per heavy atom. The fraction of sp³-hybridized carbons (Fsp3) is 0.600. The smallest absolute Gasteiger partial charge is 0.292 e. The average molecular weight is 301 g/mol. The van der Waals surface area contributed by atoms with Gasteiger partial charge in [0, 0.05) is 43.9 Å². The number of aromatic nitrogens is 4. The topological polar surface area (TPSA) is 72.6 Å². The van der Waals surface area contributed by atoms with Gasteiger partial charge in [0.2, 0.25) is 5.82 Å². The Hall–Kier alpha value is -2.02. The molecule has 3 heterocycles. The third-order valence-electron chi connectivity index (χ3n) is 4.92. The van der Waals surface area contributed by atoms with Gasteiger partial charge in [0.15, 0.2) is 0 Å². The van der Waals surface area contributed by atoms with Gasteiger partial charge in [-0.1, -0.05) is 0 Å². The Balaban J connectivity index is 1.62. The fourth-order valence-electron chi connectivity index (χ4n) is 3.88. The van der Waals surface area contributed by atoms with Crippen LogP contribution in [0.25, 0.3) is 5.78 Å². The number of methoxy groups -OCH3 is 1.